The van der Waals surface area contributed by atoms with Crippen LogP contribution in [0.25, 0.3) is 10.2 Å². The van der Waals surface area contributed by atoms with Crippen molar-refractivity contribution in [3.63, 3.8) is 0 Å². The fraction of sp³-hybridized carbons (Fsp3) is 0.611. The van der Waals surface area contributed by atoms with E-state index in [0.717, 1.165) is 57.6 Å². The SMILES string of the molecule is c1ccc2sc(C[C@@H]3CC[C@H](CN4CCCOCC4)O3)nc2c1. The van der Waals surface area contributed by atoms with Crippen molar-refractivity contribution < 1.29 is 9.47 Å². The molecule has 0 saturated carbocycles. The highest BCUT2D eigenvalue weighted by atomic mass is 32.1. The van der Waals surface area contributed by atoms with Gasteiger partial charge >= 0.3 is 0 Å². The molecule has 0 amide bonds. The number of thiazole rings is 1. The molecule has 1 aromatic heterocycles. The summed E-state index contributed by atoms with van der Waals surface area (Å²) in [5, 5.41) is 1.21. The van der Waals surface area contributed by atoms with Crippen molar-refractivity contribution in [3.8, 4) is 0 Å². The van der Waals surface area contributed by atoms with E-state index < -0.39 is 0 Å². The summed E-state index contributed by atoms with van der Waals surface area (Å²) in [5.74, 6) is 0. The standard InChI is InChI=1S/C18H24N2O2S/c1-2-5-17-16(4-1)19-18(23-17)12-14-6-7-15(22-14)13-20-8-3-10-21-11-9-20/h1-2,4-5,14-15H,3,6-13H2/t14-,15+/m0/s1. The number of rotatable bonds is 4. The highest BCUT2D eigenvalue weighted by Crippen LogP contribution is 2.28. The van der Waals surface area contributed by atoms with Gasteiger partial charge in [0, 0.05) is 32.7 Å². The van der Waals surface area contributed by atoms with Gasteiger partial charge in [0.15, 0.2) is 0 Å². The van der Waals surface area contributed by atoms with Crippen LogP contribution in [0.1, 0.15) is 24.3 Å². The van der Waals surface area contributed by atoms with E-state index in [1.54, 1.807) is 11.3 Å². The lowest BCUT2D eigenvalue weighted by Crippen LogP contribution is -2.34. The van der Waals surface area contributed by atoms with Crippen molar-refractivity contribution in [2.24, 2.45) is 0 Å². The molecule has 2 aromatic rings. The molecule has 23 heavy (non-hydrogen) atoms. The first kappa shape index (κ1) is 15.5. The van der Waals surface area contributed by atoms with E-state index in [2.05, 4.69) is 29.2 Å². The first-order valence-corrected chi connectivity index (χ1v) is 9.48. The number of hydrogen-bond donors (Lipinski definition) is 0. The van der Waals surface area contributed by atoms with Gasteiger partial charge in [-0.15, -0.1) is 11.3 Å². The van der Waals surface area contributed by atoms with Gasteiger partial charge in [0.05, 0.1) is 34.0 Å². The van der Waals surface area contributed by atoms with Crippen LogP contribution in [-0.4, -0.2) is 54.9 Å². The van der Waals surface area contributed by atoms with Crippen molar-refractivity contribution >= 4 is 21.6 Å². The predicted octanol–water partition coefficient (Wildman–Crippen LogP) is 3.11. The Hall–Kier alpha value is -1.01. The van der Waals surface area contributed by atoms with Crippen LogP contribution < -0.4 is 0 Å². The molecule has 2 aliphatic heterocycles. The van der Waals surface area contributed by atoms with Gasteiger partial charge in [-0.25, -0.2) is 4.98 Å². The maximum atomic E-state index is 6.29. The molecule has 2 atom stereocenters. The molecular weight excluding hydrogens is 308 g/mol. The first-order chi connectivity index (χ1) is 11.4. The third-order valence-corrected chi connectivity index (χ3v) is 5.77. The summed E-state index contributed by atoms with van der Waals surface area (Å²) >= 11 is 1.81. The van der Waals surface area contributed by atoms with Crippen molar-refractivity contribution in [2.45, 2.75) is 37.9 Å². The predicted molar refractivity (Wildman–Crippen MR) is 93.1 cm³/mol. The second-order valence-corrected chi connectivity index (χ2v) is 7.62. The van der Waals surface area contributed by atoms with Crippen LogP contribution in [0.3, 0.4) is 0 Å². The van der Waals surface area contributed by atoms with Gasteiger partial charge in [0.2, 0.25) is 0 Å². The summed E-state index contributed by atoms with van der Waals surface area (Å²) in [5.41, 5.74) is 1.12. The minimum Gasteiger partial charge on any atom is -0.380 e. The topological polar surface area (TPSA) is 34.6 Å². The summed E-state index contributed by atoms with van der Waals surface area (Å²) in [7, 11) is 0. The van der Waals surface area contributed by atoms with Crippen LogP contribution in [0.5, 0.6) is 0 Å². The monoisotopic (exact) mass is 332 g/mol. The Kier molecular flexibility index (Phi) is 4.90. The Morgan fingerprint density at radius 2 is 2.04 bits per heavy atom. The maximum Gasteiger partial charge on any atom is 0.0964 e. The second-order valence-electron chi connectivity index (χ2n) is 6.50. The summed E-state index contributed by atoms with van der Waals surface area (Å²) in [6, 6.07) is 8.38. The smallest absolute Gasteiger partial charge is 0.0964 e. The molecule has 2 aliphatic rings. The Morgan fingerprint density at radius 1 is 1.13 bits per heavy atom. The van der Waals surface area contributed by atoms with Gasteiger partial charge in [0.25, 0.3) is 0 Å². The lowest BCUT2D eigenvalue weighted by molar-refractivity contribution is 0.0228. The number of ether oxygens (including phenoxy) is 2. The van der Waals surface area contributed by atoms with Crippen molar-refractivity contribution in [1.82, 2.24) is 9.88 Å². The number of aromatic nitrogens is 1. The van der Waals surface area contributed by atoms with Crippen molar-refractivity contribution in [3.05, 3.63) is 29.3 Å². The fourth-order valence-corrected chi connectivity index (χ4v) is 4.57. The molecule has 0 spiro atoms. The number of para-hydroxylation sites is 1. The summed E-state index contributed by atoms with van der Waals surface area (Å²) in [4.78, 5) is 7.24. The zero-order chi connectivity index (χ0) is 15.5. The molecule has 4 rings (SSSR count). The molecule has 5 heteroatoms. The van der Waals surface area contributed by atoms with Gasteiger partial charge in [0.1, 0.15) is 0 Å². The molecule has 3 heterocycles. The average Bonchev–Trinajstić information content (AvgIpc) is 3.07. The minimum absolute atomic E-state index is 0.337. The third kappa shape index (κ3) is 3.91. The highest BCUT2D eigenvalue weighted by molar-refractivity contribution is 7.18. The van der Waals surface area contributed by atoms with E-state index in [-0.39, 0.29) is 0 Å². The first-order valence-electron chi connectivity index (χ1n) is 8.67. The van der Waals surface area contributed by atoms with E-state index >= 15 is 0 Å². The van der Waals surface area contributed by atoms with E-state index in [1.807, 2.05) is 0 Å². The largest absolute Gasteiger partial charge is 0.380 e. The van der Waals surface area contributed by atoms with E-state index in [0.29, 0.717) is 12.2 Å². The molecular formula is C18H24N2O2S. The molecule has 0 unspecified atom stereocenters. The van der Waals surface area contributed by atoms with Crippen molar-refractivity contribution in [1.29, 1.82) is 0 Å². The van der Waals surface area contributed by atoms with E-state index in [4.69, 9.17) is 14.5 Å². The molecule has 0 N–H and O–H groups in total. The van der Waals surface area contributed by atoms with Crippen LogP contribution in [0.4, 0.5) is 0 Å². The molecule has 1 aromatic carbocycles. The summed E-state index contributed by atoms with van der Waals surface area (Å²) in [6.45, 7) is 5.01. The molecule has 0 aliphatic carbocycles. The average molecular weight is 332 g/mol. The van der Waals surface area contributed by atoms with E-state index in [9.17, 15) is 0 Å². The van der Waals surface area contributed by atoms with Crippen LogP contribution in [0, 0.1) is 0 Å². The normalized spacial score (nSPS) is 26.6. The van der Waals surface area contributed by atoms with Crippen molar-refractivity contribution in [2.75, 3.05) is 32.8 Å². The number of hydrogen-bond acceptors (Lipinski definition) is 5. The molecule has 0 bridgehead atoms. The van der Waals surface area contributed by atoms with Gasteiger partial charge in [-0.05, 0) is 31.4 Å². The van der Waals surface area contributed by atoms with Crippen LogP contribution in [-0.2, 0) is 15.9 Å². The minimum atomic E-state index is 0.337. The summed E-state index contributed by atoms with van der Waals surface area (Å²) in [6.07, 6.45) is 5.15. The highest BCUT2D eigenvalue weighted by Gasteiger charge is 2.28. The lowest BCUT2D eigenvalue weighted by atomic mass is 10.1. The molecule has 2 saturated heterocycles. The molecule has 124 valence electrons. The molecule has 0 radical (unpaired) electrons. The van der Waals surface area contributed by atoms with Gasteiger partial charge in [-0.3, -0.25) is 4.90 Å². The Balaban J connectivity index is 1.31. The van der Waals surface area contributed by atoms with E-state index in [1.165, 1.54) is 16.1 Å². The molecule has 4 nitrogen and oxygen atoms in total. The number of nitrogens with zero attached hydrogens (tertiary/aromatic N) is 2. The summed E-state index contributed by atoms with van der Waals surface area (Å²) < 4.78 is 13.1. The number of benzene rings is 1. The lowest BCUT2D eigenvalue weighted by Gasteiger charge is -2.23. The third-order valence-electron chi connectivity index (χ3n) is 4.71. The van der Waals surface area contributed by atoms with Gasteiger partial charge < -0.3 is 9.47 Å². The van der Waals surface area contributed by atoms with Gasteiger partial charge in [-0.2, -0.15) is 0 Å². The quantitative estimate of drug-likeness (QED) is 0.862. The molecule has 2 fully saturated rings. The number of fused-ring (bicyclic) bond motifs is 1. The van der Waals surface area contributed by atoms with Gasteiger partial charge in [-0.1, -0.05) is 12.1 Å². The zero-order valence-electron chi connectivity index (χ0n) is 13.4. The van der Waals surface area contributed by atoms with Crippen LogP contribution >= 0.6 is 11.3 Å². The Morgan fingerprint density at radius 3 is 3.00 bits per heavy atom. The fourth-order valence-electron chi connectivity index (χ4n) is 3.53. The second kappa shape index (κ2) is 7.26. The maximum absolute atomic E-state index is 6.29. The Labute approximate surface area is 141 Å². The van der Waals surface area contributed by atoms with Crippen LogP contribution in [0.15, 0.2) is 24.3 Å². The van der Waals surface area contributed by atoms with Crippen LogP contribution in [0.2, 0.25) is 0 Å². The zero-order valence-corrected chi connectivity index (χ0v) is 14.3. The Bertz CT molecular complexity index is 604.